The van der Waals surface area contributed by atoms with Crippen LogP contribution < -0.4 is 11.1 Å². The van der Waals surface area contributed by atoms with Crippen molar-refractivity contribution in [2.24, 2.45) is 11.7 Å². The van der Waals surface area contributed by atoms with E-state index in [4.69, 9.17) is 10.8 Å². The van der Waals surface area contributed by atoms with Gasteiger partial charge in [-0.15, -0.1) is 0 Å². The highest BCUT2D eigenvalue weighted by atomic mass is 16.4. The second kappa shape index (κ2) is 6.86. The molecule has 1 rings (SSSR count). The van der Waals surface area contributed by atoms with E-state index in [1.165, 1.54) is 25.9 Å². The zero-order valence-electron chi connectivity index (χ0n) is 8.42. The highest BCUT2D eigenvalue weighted by molar-refractivity contribution is 5.73. The topological polar surface area (TPSA) is 75.3 Å². The van der Waals surface area contributed by atoms with Crippen LogP contribution in [0.25, 0.3) is 0 Å². The van der Waals surface area contributed by atoms with Gasteiger partial charge >= 0.3 is 5.97 Å². The lowest BCUT2D eigenvalue weighted by Crippen LogP contribution is -2.34. The van der Waals surface area contributed by atoms with Crippen molar-refractivity contribution in [2.75, 3.05) is 13.1 Å². The Hall–Kier alpha value is -0.610. The van der Waals surface area contributed by atoms with Crippen LogP contribution in [0.4, 0.5) is 0 Å². The molecule has 0 amide bonds. The number of hydrogen-bond donors (Lipinski definition) is 3. The minimum absolute atomic E-state index is 0.0208. The summed E-state index contributed by atoms with van der Waals surface area (Å²) in [6.45, 7) is 6.05. The fourth-order valence-corrected chi connectivity index (χ4v) is 0.910. The maximum atomic E-state index is 10.0. The summed E-state index contributed by atoms with van der Waals surface area (Å²) in [5.74, 6) is -0.910. The molecule has 4 heteroatoms. The molecule has 13 heavy (non-hydrogen) atoms. The Kier molecular flexibility index (Phi) is 6.54. The Labute approximate surface area is 79.5 Å². The molecule has 0 spiro atoms. The van der Waals surface area contributed by atoms with Gasteiger partial charge in [-0.3, -0.25) is 4.79 Å². The van der Waals surface area contributed by atoms with E-state index in [1.807, 2.05) is 0 Å². The van der Waals surface area contributed by atoms with Crippen molar-refractivity contribution in [2.45, 2.75) is 32.7 Å². The molecule has 78 valence electrons. The SMILES string of the molecule is C1CCNC1.CC(C)[C@H](N)C(=O)O. The minimum Gasteiger partial charge on any atom is -0.480 e. The van der Waals surface area contributed by atoms with E-state index in [2.05, 4.69) is 5.32 Å². The van der Waals surface area contributed by atoms with Gasteiger partial charge in [-0.1, -0.05) is 13.8 Å². The number of aliphatic carboxylic acids is 1. The predicted octanol–water partition coefficient (Wildman–Crippen LogP) is 0.424. The van der Waals surface area contributed by atoms with E-state index in [9.17, 15) is 4.79 Å². The number of hydrogen-bond acceptors (Lipinski definition) is 3. The molecule has 1 saturated heterocycles. The van der Waals surface area contributed by atoms with Gasteiger partial charge < -0.3 is 16.2 Å². The minimum atomic E-state index is -0.931. The third kappa shape index (κ3) is 6.54. The molecule has 1 atom stereocenters. The predicted molar refractivity (Wildman–Crippen MR) is 52.6 cm³/mol. The van der Waals surface area contributed by atoms with E-state index in [0.717, 1.165) is 0 Å². The van der Waals surface area contributed by atoms with Crippen LogP contribution in [0.5, 0.6) is 0 Å². The van der Waals surface area contributed by atoms with Crippen LogP contribution in [0.3, 0.4) is 0 Å². The molecule has 0 bridgehead atoms. The summed E-state index contributed by atoms with van der Waals surface area (Å²) < 4.78 is 0. The zero-order chi connectivity index (χ0) is 10.3. The molecule has 4 nitrogen and oxygen atoms in total. The molecule has 0 saturated carbocycles. The van der Waals surface area contributed by atoms with Gasteiger partial charge in [0.1, 0.15) is 6.04 Å². The lowest BCUT2D eigenvalue weighted by atomic mass is 10.1. The summed E-state index contributed by atoms with van der Waals surface area (Å²) in [7, 11) is 0. The highest BCUT2D eigenvalue weighted by Gasteiger charge is 2.14. The quantitative estimate of drug-likeness (QED) is 0.587. The van der Waals surface area contributed by atoms with E-state index in [1.54, 1.807) is 13.8 Å². The van der Waals surface area contributed by atoms with Gasteiger partial charge in [0.05, 0.1) is 0 Å². The number of carboxylic acid groups (broad SMARTS) is 1. The fraction of sp³-hybridized carbons (Fsp3) is 0.889. The van der Waals surface area contributed by atoms with Gasteiger partial charge in [-0.25, -0.2) is 0 Å². The van der Waals surface area contributed by atoms with E-state index in [-0.39, 0.29) is 5.92 Å². The van der Waals surface area contributed by atoms with Crippen LogP contribution >= 0.6 is 0 Å². The first kappa shape index (κ1) is 12.4. The smallest absolute Gasteiger partial charge is 0.320 e. The third-order valence-corrected chi connectivity index (χ3v) is 1.96. The maximum absolute atomic E-state index is 10.0. The summed E-state index contributed by atoms with van der Waals surface area (Å²) in [6, 6.07) is -0.713. The van der Waals surface area contributed by atoms with Gasteiger partial charge in [0, 0.05) is 0 Å². The molecule has 0 aliphatic carbocycles. The number of carboxylic acids is 1. The molecule has 1 fully saturated rings. The first-order chi connectivity index (χ1) is 6.05. The monoisotopic (exact) mass is 188 g/mol. The van der Waals surface area contributed by atoms with Gasteiger partial charge in [0.15, 0.2) is 0 Å². The summed E-state index contributed by atoms with van der Waals surface area (Å²) in [6.07, 6.45) is 2.78. The summed E-state index contributed by atoms with van der Waals surface area (Å²) in [5, 5.41) is 11.4. The van der Waals surface area contributed by atoms with E-state index >= 15 is 0 Å². The Morgan fingerprint density at radius 2 is 1.85 bits per heavy atom. The van der Waals surface area contributed by atoms with Crippen molar-refractivity contribution in [3.05, 3.63) is 0 Å². The van der Waals surface area contributed by atoms with Gasteiger partial charge in [-0.2, -0.15) is 0 Å². The van der Waals surface area contributed by atoms with Crippen LogP contribution in [0.1, 0.15) is 26.7 Å². The second-order valence-corrected chi connectivity index (χ2v) is 3.57. The molecule has 0 aromatic carbocycles. The number of nitrogens with one attached hydrogen (secondary N) is 1. The normalized spacial score (nSPS) is 17.8. The number of nitrogens with two attached hydrogens (primary N) is 1. The van der Waals surface area contributed by atoms with Crippen molar-refractivity contribution < 1.29 is 9.90 Å². The number of rotatable bonds is 2. The van der Waals surface area contributed by atoms with Crippen LogP contribution in [-0.2, 0) is 4.79 Å². The average molecular weight is 188 g/mol. The van der Waals surface area contributed by atoms with Gasteiger partial charge in [0.2, 0.25) is 0 Å². The first-order valence-electron chi connectivity index (χ1n) is 4.74. The summed E-state index contributed by atoms with van der Waals surface area (Å²) >= 11 is 0. The fourth-order valence-electron chi connectivity index (χ4n) is 0.910. The molecule has 4 N–H and O–H groups in total. The largest absolute Gasteiger partial charge is 0.480 e. The van der Waals surface area contributed by atoms with Gasteiger partial charge in [0.25, 0.3) is 0 Å². The Balaban J connectivity index is 0.000000243. The van der Waals surface area contributed by atoms with Crippen LogP contribution in [0.15, 0.2) is 0 Å². The van der Waals surface area contributed by atoms with Crippen molar-refractivity contribution >= 4 is 5.97 Å². The summed E-state index contributed by atoms with van der Waals surface area (Å²) in [4.78, 5) is 10.0. The lowest BCUT2D eigenvalue weighted by Gasteiger charge is -2.07. The Morgan fingerprint density at radius 3 is 1.92 bits per heavy atom. The Bertz CT molecular complexity index is 137. The van der Waals surface area contributed by atoms with Crippen LogP contribution in [0.2, 0.25) is 0 Å². The molecule has 1 aliphatic heterocycles. The number of carbonyl (C=O) groups is 1. The molecule has 0 aromatic heterocycles. The third-order valence-electron chi connectivity index (χ3n) is 1.96. The van der Waals surface area contributed by atoms with Crippen molar-refractivity contribution in [3.63, 3.8) is 0 Å². The molecule has 0 radical (unpaired) electrons. The second-order valence-electron chi connectivity index (χ2n) is 3.57. The van der Waals surface area contributed by atoms with Crippen LogP contribution in [-0.4, -0.2) is 30.2 Å². The molecular weight excluding hydrogens is 168 g/mol. The first-order valence-corrected chi connectivity index (χ1v) is 4.74. The molecule has 0 unspecified atom stereocenters. The van der Waals surface area contributed by atoms with Crippen molar-refractivity contribution in [1.82, 2.24) is 5.32 Å². The molecule has 1 aliphatic rings. The molecule has 0 aromatic rings. The van der Waals surface area contributed by atoms with Crippen molar-refractivity contribution in [1.29, 1.82) is 0 Å². The highest BCUT2D eigenvalue weighted by Crippen LogP contribution is 1.96. The zero-order valence-corrected chi connectivity index (χ0v) is 8.42. The van der Waals surface area contributed by atoms with Crippen molar-refractivity contribution in [3.8, 4) is 0 Å². The standard InChI is InChI=1S/C5H11NO2.C4H9N/c1-3(2)4(6)5(7)8;1-2-4-5-3-1/h3-4H,6H2,1-2H3,(H,7,8);5H,1-4H2/t4-;/m0./s1. The maximum Gasteiger partial charge on any atom is 0.320 e. The van der Waals surface area contributed by atoms with E-state index < -0.39 is 12.0 Å². The molecular formula is C9H20N2O2. The van der Waals surface area contributed by atoms with Crippen LogP contribution in [0, 0.1) is 5.92 Å². The lowest BCUT2D eigenvalue weighted by molar-refractivity contribution is -0.139. The average Bonchev–Trinajstić information content (AvgIpc) is 2.59. The van der Waals surface area contributed by atoms with E-state index in [0.29, 0.717) is 0 Å². The van der Waals surface area contributed by atoms with Gasteiger partial charge in [-0.05, 0) is 31.8 Å². The summed E-state index contributed by atoms with van der Waals surface area (Å²) in [5.41, 5.74) is 5.16. The Morgan fingerprint density at radius 1 is 1.38 bits per heavy atom. The molecule has 1 heterocycles.